The lowest BCUT2D eigenvalue weighted by Crippen LogP contribution is -2.35. The van der Waals surface area contributed by atoms with Gasteiger partial charge in [0.2, 0.25) is 3.36 Å². The first-order chi connectivity index (χ1) is 9.77. The van der Waals surface area contributed by atoms with E-state index in [4.69, 9.17) is 11.6 Å². The van der Waals surface area contributed by atoms with Crippen molar-refractivity contribution in [2.24, 2.45) is 0 Å². The van der Waals surface area contributed by atoms with Crippen molar-refractivity contribution in [2.75, 3.05) is 28.2 Å². The highest BCUT2D eigenvalue weighted by Gasteiger charge is 2.52. The van der Waals surface area contributed by atoms with E-state index in [-0.39, 0.29) is 11.9 Å². The van der Waals surface area contributed by atoms with Crippen LogP contribution in [0.4, 0.5) is 9.59 Å². The lowest BCUT2D eigenvalue weighted by Gasteiger charge is -2.18. The monoisotopic (exact) mass is 524 g/mol. The van der Waals surface area contributed by atoms with Crippen LogP contribution in [0.2, 0.25) is 0 Å². The Morgan fingerprint density at radius 2 is 1.14 bits per heavy atom. The number of imide groups is 2. The molecule has 0 saturated carbocycles. The third-order valence-electron chi connectivity index (χ3n) is 3.11. The van der Waals surface area contributed by atoms with Crippen molar-refractivity contribution in [3.8, 4) is 0 Å². The Hall–Kier alpha value is -0.390. The van der Waals surface area contributed by atoms with E-state index in [1.165, 1.54) is 33.1 Å². The molecule has 0 aliphatic carbocycles. The molecule has 12 heteroatoms. The molecule has 2 heterocycles. The van der Waals surface area contributed by atoms with Crippen molar-refractivity contribution >= 4 is 83.3 Å². The summed E-state index contributed by atoms with van der Waals surface area (Å²) in [6.07, 6.45) is 0. The molecule has 0 N–H and O–H groups in total. The highest BCUT2D eigenvalue weighted by atomic mass is 79.9. The summed E-state index contributed by atoms with van der Waals surface area (Å²) in [4.78, 5) is 48.9. The summed E-state index contributed by atoms with van der Waals surface area (Å²) in [5.74, 6) is -0.781. The summed E-state index contributed by atoms with van der Waals surface area (Å²) in [5.41, 5.74) is 0. The molecule has 2 rings (SSSR count). The minimum absolute atomic E-state index is 0.315. The van der Waals surface area contributed by atoms with Crippen LogP contribution in [0.25, 0.3) is 0 Å². The Morgan fingerprint density at radius 3 is 1.23 bits per heavy atom. The lowest BCUT2D eigenvalue weighted by atomic mass is 10.6. The maximum Gasteiger partial charge on any atom is 0.328 e. The Morgan fingerprint density at radius 1 is 0.773 bits per heavy atom. The van der Waals surface area contributed by atoms with Gasteiger partial charge in [0.1, 0.15) is 0 Å². The van der Waals surface area contributed by atoms with Crippen molar-refractivity contribution in [1.82, 2.24) is 19.6 Å². The number of carbonyl (C=O) groups is 4. The molecule has 0 bridgehead atoms. The molecule has 8 nitrogen and oxygen atoms in total. The summed E-state index contributed by atoms with van der Waals surface area (Å²) < 4.78 is -2.44. The van der Waals surface area contributed by atoms with E-state index in [1.807, 2.05) is 0 Å². The topological polar surface area (TPSA) is 81.2 Å². The van der Waals surface area contributed by atoms with Gasteiger partial charge in [-0.25, -0.2) is 9.59 Å². The standard InChI is InChI=1S/C5H6Br2N2O2.C5H6BrClN2O2/c2*1-8-3(10)5(6,7)9(2)4(8)11/h2*1-2H3. The number of alkyl halides is 4. The number of hydrogen-bond donors (Lipinski definition) is 0. The molecule has 0 aromatic heterocycles. The van der Waals surface area contributed by atoms with Crippen LogP contribution < -0.4 is 0 Å². The third kappa shape index (κ3) is 3.00. The molecule has 1 unspecified atom stereocenters. The van der Waals surface area contributed by atoms with E-state index in [9.17, 15) is 19.2 Å². The van der Waals surface area contributed by atoms with E-state index in [2.05, 4.69) is 47.8 Å². The molecule has 124 valence electrons. The fourth-order valence-corrected chi connectivity index (χ4v) is 3.01. The molecule has 2 fully saturated rings. The molecule has 22 heavy (non-hydrogen) atoms. The number of urea groups is 2. The number of nitrogens with zero attached hydrogens (tertiary/aromatic N) is 4. The number of carbonyl (C=O) groups excluding carboxylic acids is 4. The quantitative estimate of drug-likeness (QED) is 0.273. The minimum atomic E-state index is -1.39. The van der Waals surface area contributed by atoms with Crippen LogP contribution in [0.1, 0.15) is 0 Å². The van der Waals surface area contributed by atoms with Crippen LogP contribution in [0.5, 0.6) is 0 Å². The van der Waals surface area contributed by atoms with Crippen LogP contribution >= 0.6 is 59.4 Å². The van der Waals surface area contributed by atoms with Crippen molar-refractivity contribution in [3.05, 3.63) is 0 Å². The third-order valence-corrected chi connectivity index (χ3v) is 6.14. The Kier molecular flexibility index (Phi) is 5.58. The summed E-state index contributed by atoms with van der Waals surface area (Å²) >= 11 is 14.8. The second kappa shape index (κ2) is 6.25. The highest BCUT2D eigenvalue weighted by molar-refractivity contribution is 9.25. The van der Waals surface area contributed by atoms with Crippen LogP contribution in [0, 0.1) is 0 Å². The largest absolute Gasteiger partial charge is 0.328 e. The molecule has 0 spiro atoms. The first kappa shape index (κ1) is 19.7. The number of rotatable bonds is 0. The molecule has 2 aliphatic heterocycles. The second-order valence-electron chi connectivity index (χ2n) is 4.49. The van der Waals surface area contributed by atoms with E-state index >= 15 is 0 Å². The van der Waals surface area contributed by atoms with Gasteiger partial charge in [0.25, 0.3) is 15.7 Å². The van der Waals surface area contributed by atoms with E-state index < -0.39 is 19.2 Å². The van der Waals surface area contributed by atoms with Gasteiger partial charge in [-0.2, -0.15) is 0 Å². The van der Waals surface area contributed by atoms with Crippen LogP contribution in [0.3, 0.4) is 0 Å². The molecule has 0 radical (unpaired) electrons. The lowest BCUT2D eigenvalue weighted by molar-refractivity contribution is -0.126. The number of hydrogen-bond acceptors (Lipinski definition) is 4. The molecule has 1 atom stereocenters. The van der Waals surface area contributed by atoms with Gasteiger partial charge in [0.15, 0.2) is 0 Å². The Balaban J connectivity index is 0.000000220. The van der Waals surface area contributed by atoms with Gasteiger partial charge in [0.05, 0.1) is 0 Å². The molecule has 6 amide bonds. The van der Waals surface area contributed by atoms with Gasteiger partial charge >= 0.3 is 12.1 Å². The Labute approximate surface area is 157 Å². The van der Waals surface area contributed by atoms with Gasteiger partial charge in [-0.15, -0.1) is 0 Å². The highest BCUT2D eigenvalue weighted by Crippen LogP contribution is 2.37. The smallest absolute Gasteiger partial charge is 0.295 e. The van der Waals surface area contributed by atoms with E-state index in [0.29, 0.717) is 0 Å². The first-order valence-corrected chi connectivity index (χ1v) is 8.41. The van der Waals surface area contributed by atoms with Gasteiger partial charge in [-0.1, -0.05) is 11.6 Å². The van der Waals surface area contributed by atoms with Crippen molar-refractivity contribution < 1.29 is 19.2 Å². The zero-order valence-electron chi connectivity index (χ0n) is 11.9. The zero-order valence-corrected chi connectivity index (χ0v) is 17.4. The summed E-state index contributed by atoms with van der Waals surface area (Å²) in [5, 5.41) is 0. The van der Waals surface area contributed by atoms with Crippen molar-refractivity contribution in [3.63, 3.8) is 0 Å². The van der Waals surface area contributed by atoms with Gasteiger partial charge in [-0.05, 0) is 47.8 Å². The Bertz CT molecular complexity index is 508. The van der Waals surface area contributed by atoms with E-state index in [0.717, 1.165) is 14.7 Å². The SMILES string of the molecule is CN1C(=O)N(C)C(Br)(Br)C1=O.CN1C(=O)N(C)C(Cl)(Br)C1=O. The summed E-state index contributed by atoms with van der Waals surface area (Å²) in [7, 11) is 5.80. The number of likely N-dealkylation sites (N-methyl/N-ethyl adjacent to an activating group) is 4. The van der Waals surface area contributed by atoms with Crippen LogP contribution in [0.15, 0.2) is 0 Å². The van der Waals surface area contributed by atoms with Gasteiger partial charge < -0.3 is 0 Å². The van der Waals surface area contributed by atoms with Crippen LogP contribution in [-0.2, 0) is 9.59 Å². The normalized spacial score (nSPS) is 27.6. The second-order valence-corrected chi connectivity index (χ2v) is 10.0. The molecule has 2 saturated heterocycles. The first-order valence-electron chi connectivity index (χ1n) is 5.65. The molecule has 0 aromatic carbocycles. The van der Waals surface area contributed by atoms with E-state index in [1.54, 1.807) is 0 Å². The molecule has 2 aliphatic rings. The average molecular weight is 527 g/mol. The predicted molar refractivity (Wildman–Crippen MR) is 90.0 cm³/mol. The van der Waals surface area contributed by atoms with Crippen molar-refractivity contribution in [1.29, 1.82) is 0 Å². The maximum absolute atomic E-state index is 11.2. The maximum atomic E-state index is 11.2. The predicted octanol–water partition coefficient (Wildman–Crippen LogP) is 1.75. The van der Waals surface area contributed by atoms with Crippen molar-refractivity contribution in [2.45, 2.75) is 7.26 Å². The summed E-state index contributed by atoms with van der Waals surface area (Å²) in [6, 6.07) is -0.745. The van der Waals surface area contributed by atoms with Gasteiger partial charge in [-0.3, -0.25) is 29.2 Å². The zero-order chi connectivity index (χ0) is 17.6. The summed E-state index contributed by atoms with van der Waals surface area (Å²) in [6.45, 7) is 0. The fraction of sp³-hybridized carbons (Fsp3) is 0.600. The van der Waals surface area contributed by atoms with Gasteiger partial charge in [0, 0.05) is 28.2 Å². The minimum Gasteiger partial charge on any atom is -0.295 e. The molecular formula is C10H12Br3ClN4O4. The fourth-order valence-electron chi connectivity index (χ4n) is 1.55. The van der Waals surface area contributed by atoms with Crippen LogP contribution in [-0.4, -0.2) is 78.9 Å². The number of amides is 6. The number of halogens is 4. The molecular weight excluding hydrogens is 515 g/mol. The average Bonchev–Trinajstić information content (AvgIpc) is 2.67. The molecule has 0 aromatic rings.